The summed E-state index contributed by atoms with van der Waals surface area (Å²) in [6, 6.07) is 15.6. The Balaban J connectivity index is 1.91. The van der Waals surface area contributed by atoms with E-state index >= 15 is 0 Å². The molecule has 1 amide bonds. The summed E-state index contributed by atoms with van der Waals surface area (Å²) < 4.78 is 5.12. The van der Waals surface area contributed by atoms with Gasteiger partial charge in [0.1, 0.15) is 5.75 Å². The number of carbonyl (C=O) groups is 1. The molecule has 0 radical (unpaired) electrons. The number of hydrogen-bond acceptors (Lipinski definition) is 3. The molecule has 0 aliphatic carbocycles. The molecule has 0 saturated heterocycles. The molecule has 2 N–H and O–H groups in total. The Kier molecular flexibility index (Phi) is 7.16. The average Bonchev–Trinajstić information content (AvgIpc) is 2.61. The molecule has 2 aromatic rings. The zero-order chi connectivity index (χ0) is 19.1. The number of nitrogens with one attached hydrogen (secondary N) is 2. The van der Waals surface area contributed by atoms with E-state index in [2.05, 4.69) is 36.6 Å². The summed E-state index contributed by atoms with van der Waals surface area (Å²) in [6.07, 6.45) is 1.04. The molecule has 2 rings (SSSR count). The molecule has 0 aromatic heterocycles. The van der Waals surface area contributed by atoms with Crippen LogP contribution in [0.15, 0.2) is 48.5 Å². The first-order chi connectivity index (χ1) is 12.4. The number of rotatable bonds is 6. The molecule has 2 aromatic carbocycles. The Morgan fingerprint density at radius 1 is 1.04 bits per heavy atom. The SMILES string of the molecule is COc1ccc(NC(=S)NC(=O)C(C)c2ccc(CC(C)C)cc2)cc1. The Bertz CT molecular complexity index is 740. The van der Waals surface area contributed by atoms with Gasteiger partial charge in [-0.2, -0.15) is 0 Å². The Hall–Kier alpha value is -2.40. The average molecular weight is 371 g/mol. The summed E-state index contributed by atoms with van der Waals surface area (Å²) in [5, 5.41) is 6.04. The molecule has 138 valence electrons. The molecular weight excluding hydrogens is 344 g/mol. The topological polar surface area (TPSA) is 50.4 Å². The summed E-state index contributed by atoms with van der Waals surface area (Å²) in [7, 11) is 1.62. The summed E-state index contributed by atoms with van der Waals surface area (Å²) >= 11 is 5.24. The van der Waals surface area contributed by atoms with Gasteiger partial charge in [0.15, 0.2) is 5.11 Å². The van der Waals surface area contributed by atoms with E-state index in [1.807, 2.05) is 43.3 Å². The minimum Gasteiger partial charge on any atom is -0.497 e. The second kappa shape index (κ2) is 9.34. The lowest BCUT2D eigenvalue weighted by molar-refractivity contribution is -0.120. The Morgan fingerprint density at radius 2 is 1.65 bits per heavy atom. The second-order valence-corrected chi connectivity index (χ2v) is 7.14. The quantitative estimate of drug-likeness (QED) is 0.735. The number of anilines is 1. The van der Waals surface area contributed by atoms with Gasteiger partial charge in [-0.1, -0.05) is 38.1 Å². The van der Waals surface area contributed by atoms with E-state index < -0.39 is 0 Å². The van der Waals surface area contributed by atoms with Gasteiger partial charge in [0.25, 0.3) is 0 Å². The third-order valence-electron chi connectivity index (χ3n) is 4.10. The standard InChI is InChI=1S/C21H26N2O2S/c1-14(2)13-16-5-7-17(8-6-16)15(3)20(24)23-21(26)22-18-9-11-19(25-4)12-10-18/h5-12,14-15H,13H2,1-4H3,(H2,22,23,24,26). The molecule has 0 bridgehead atoms. The van der Waals surface area contributed by atoms with Crippen LogP contribution in [0.3, 0.4) is 0 Å². The van der Waals surface area contributed by atoms with E-state index in [0.29, 0.717) is 5.92 Å². The summed E-state index contributed by atoms with van der Waals surface area (Å²) in [5.74, 6) is 0.967. The van der Waals surface area contributed by atoms with E-state index in [1.165, 1.54) is 5.56 Å². The van der Waals surface area contributed by atoms with Crippen LogP contribution in [0.5, 0.6) is 5.75 Å². The molecule has 1 atom stereocenters. The van der Waals surface area contributed by atoms with Crippen LogP contribution in [-0.4, -0.2) is 18.1 Å². The first-order valence-corrected chi connectivity index (χ1v) is 9.14. The molecule has 0 fully saturated rings. The van der Waals surface area contributed by atoms with Gasteiger partial charge in [0.05, 0.1) is 13.0 Å². The Morgan fingerprint density at radius 3 is 2.19 bits per heavy atom. The highest BCUT2D eigenvalue weighted by Crippen LogP contribution is 2.18. The van der Waals surface area contributed by atoms with Crippen LogP contribution in [0.1, 0.15) is 37.8 Å². The molecule has 0 aliphatic rings. The van der Waals surface area contributed by atoms with Gasteiger partial charge in [-0.25, -0.2) is 0 Å². The van der Waals surface area contributed by atoms with Gasteiger partial charge < -0.3 is 15.4 Å². The molecule has 0 spiro atoms. The number of amides is 1. The number of methoxy groups -OCH3 is 1. The maximum atomic E-state index is 12.4. The highest BCUT2D eigenvalue weighted by molar-refractivity contribution is 7.80. The molecule has 0 heterocycles. The van der Waals surface area contributed by atoms with Gasteiger partial charge in [0.2, 0.25) is 5.91 Å². The van der Waals surface area contributed by atoms with Gasteiger partial charge >= 0.3 is 0 Å². The Labute approximate surface area is 161 Å². The highest BCUT2D eigenvalue weighted by Gasteiger charge is 2.16. The van der Waals surface area contributed by atoms with Crippen molar-refractivity contribution in [3.8, 4) is 5.75 Å². The lowest BCUT2D eigenvalue weighted by Crippen LogP contribution is -2.36. The van der Waals surface area contributed by atoms with E-state index in [0.717, 1.165) is 23.4 Å². The molecular formula is C21H26N2O2S. The van der Waals surface area contributed by atoms with Crippen molar-refractivity contribution in [1.82, 2.24) is 5.32 Å². The number of hydrogen-bond donors (Lipinski definition) is 2. The monoisotopic (exact) mass is 370 g/mol. The van der Waals surface area contributed by atoms with Crippen LogP contribution in [0.2, 0.25) is 0 Å². The smallest absolute Gasteiger partial charge is 0.233 e. The van der Waals surface area contributed by atoms with Gasteiger partial charge in [-0.3, -0.25) is 4.79 Å². The van der Waals surface area contributed by atoms with Crippen molar-refractivity contribution in [3.05, 3.63) is 59.7 Å². The van der Waals surface area contributed by atoms with Crippen LogP contribution in [-0.2, 0) is 11.2 Å². The van der Waals surface area contributed by atoms with Crippen LogP contribution >= 0.6 is 12.2 Å². The van der Waals surface area contributed by atoms with E-state index in [-0.39, 0.29) is 16.9 Å². The van der Waals surface area contributed by atoms with Gasteiger partial charge in [-0.05, 0) is 66.9 Å². The first-order valence-electron chi connectivity index (χ1n) is 8.73. The van der Waals surface area contributed by atoms with Crippen LogP contribution in [0.25, 0.3) is 0 Å². The van der Waals surface area contributed by atoms with Crippen molar-refractivity contribution < 1.29 is 9.53 Å². The fraction of sp³-hybridized carbons (Fsp3) is 0.333. The zero-order valence-electron chi connectivity index (χ0n) is 15.7. The van der Waals surface area contributed by atoms with Crippen LogP contribution in [0, 0.1) is 5.92 Å². The van der Waals surface area contributed by atoms with Crippen molar-refractivity contribution in [2.45, 2.75) is 33.1 Å². The lowest BCUT2D eigenvalue weighted by Gasteiger charge is -2.15. The fourth-order valence-corrected chi connectivity index (χ4v) is 2.84. The van der Waals surface area contributed by atoms with E-state index in [1.54, 1.807) is 7.11 Å². The molecule has 5 heteroatoms. The minimum atomic E-state index is -0.279. The third-order valence-corrected chi connectivity index (χ3v) is 4.31. The molecule has 1 unspecified atom stereocenters. The number of carbonyl (C=O) groups excluding carboxylic acids is 1. The minimum absolute atomic E-state index is 0.132. The van der Waals surface area contributed by atoms with Crippen molar-refractivity contribution in [2.24, 2.45) is 5.92 Å². The number of benzene rings is 2. The molecule has 0 saturated carbocycles. The highest BCUT2D eigenvalue weighted by atomic mass is 32.1. The maximum Gasteiger partial charge on any atom is 0.233 e. The van der Waals surface area contributed by atoms with Crippen LogP contribution < -0.4 is 15.4 Å². The van der Waals surface area contributed by atoms with Gasteiger partial charge in [0, 0.05) is 5.69 Å². The predicted molar refractivity (Wildman–Crippen MR) is 111 cm³/mol. The van der Waals surface area contributed by atoms with Crippen molar-refractivity contribution in [3.63, 3.8) is 0 Å². The summed E-state index contributed by atoms with van der Waals surface area (Å²) in [6.45, 7) is 6.27. The lowest BCUT2D eigenvalue weighted by atomic mass is 9.96. The van der Waals surface area contributed by atoms with E-state index in [4.69, 9.17) is 17.0 Å². The van der Waals surface area contributed by atoms with Crippen molar-refractivity contribution >= 4 is 28.9 Å². The molecule has 4 nitrogen and oxygen atoms in total. The van der Waals surface area contributed by atoms with E-state index in [9.17, 15) is 4.79 Å². The zero-order valence-corrected chi connectivity index (χ0v) is 16.5. The number of thiocarbonyl (C=S) groups is 1. The van der Waals surface area contributed by atoms with Crippen LogP contribution in [0.4, 0.5) is 5.69 Å². The normalized spacial score (nSPS) is 11.7. The summed E-state index contributed by atoms with van der Waals surface area (Å²) in [4.78, 5) is 12.4. The maximum absolute atomic E-state index is 12.4. The van der Waals surface area contributed by atoms with Gasteiger partial charge in [-0.15, -0.1) is 0 Å². The largest absolute Gasteiger partial charge is 0.497 e. The third kappa shape index (κ3) is 5.85. The molecule has 0 aliphatic heterocycles. The van der Waals surface area contributed by atoms with Crippen molar-refractivity contribution in [1.29, 1.82) is 0 Å². The predicted octanol–water partition coefficient (Wildman–Crippen LogP) is 4.51. The number of ether oxygens (including phenoxy) is 1. The van der Waals surface area contributed by atoms with Crippen molar-refractivity contribution in [2.75, 3.05) is 12.4 Å². The second-order valence-electron chi connectivity index (χ2n) is 6.73. The summed E-state index contributed by atoms with van der Waals surface area (Å²) in [5.41, 5.74) is 3.05. The molecule has 26 heavy (non-hydrogen) atoms. The first kappa shape index (κ1) is 19.9. The fourth-order valence-electron chi connectivity index (χ4n) is 2.62.